The Hall–Kier alpha value is -2.34. The molecule has 0 aliphatic carbocycles. The van der Waals surface area contributed by atoms with Crippen LogP contribution in [0.2, 0.25) is 0 Å². The number of hydrogen-bond donors (Lipinski definition) is 1. The SMILES string of the molecule is C=CCOC(C)C(=O)OC(C(=O)NCCc1ccc(OC)cc1)C(C)C. The Balaban J connectivity index is 2.51. The second-order valence-electron chi connectivity index (χ2n) is 6.25. The maximum absolute atomic E-state index is 12.4. The van der Waals surface area contributed by atoms with Crippen molar-refractivity contribution in [3.63, 3.8) is 0 Å². The molecule has 1 aromatic carbocycles. The zero-order chi connectivity index (χ0) is 19.5. The Bertz CT molecular complexity index is 582. The van der Waals surface area contributed by atoms with E-state index in [0.29, 0.717) is 13.0 Å². The molecule has 2 unspecified atom stereocenters. The number of rotatable bonds is 11. The minimum absolute atomic E-state index is 0.147. The van der Waals surface area contributed by atoms with Gasteiger partial charge in [0.25, 0.3) is 5.91 Å². The van der Waals surface area contributed by atoms with Crippen LogP contribution in [0.1, 0.15) is 26.3 Å². The molecular weight excluding hydrogens is 334 g/mol. The van der Waals surface area contributed by atoms with E-state index < -0.39 is 18.2 Å². The molecular formula is C20H29NO5. The van der Waals surface area contributed by atoms with Gasteiger partial charge < -0.3 is 19.5 Å². The number of ether oxygens (including phenoxy) is 3. The van der Waals surface area contributed by atoms with Crippen molar-refractivity contribution in [3.8, 4) is 5.75 Å². The van der Waals surface area contributed by atoms with Gasteiger partial charge in [-0.15, -0.1) is 6.58 Å². The predicted octanol–water partition coefficient (Wildman–Crippen LogP) is 2.51. The fourth-order valence-corrected chi connectivity index (χ4v) is 2.22. The Labute approximate surface area is 155 Å². The molecule has 0 heterocycles. The molecule has 2 atom stereocenters. The quantitative estimate of drug-likeness (QED) is 0.483. The van der Waals surface area contributed by atoms with Gasteiger partial charge in [0.1, 0.15) is 5.75 Å². The third-order valence-electron chi connectivity index (χ3n) is 3.77. The summed E-state index contributed by atoms with van der Waals surface area (Å²) in [5, 5.41) is 2.82. The Morgan fingerprint density at radius 1 is 1.19 bits per heavy atom. The fraction of sp³-hybridized carbons (Fsp3) is 0.500. The summed E-state index contributed by atoms with van der Waals surface area (Å²) in [4.78, 5) is 24.4. The lowest BCUT2D eigenvalue weighted by molar-refractivity contribution is -0.167. The topological polar surface area (TPSA) is 73.9 Å². The van der Waals surface area contributed by atoms with Crippen molar-refractivity contribution in [2.45, 2.75) is 39.4 Å². The van der Waals surface area contributed by atoms with Crippen LogP contribution in [0.3, 0.4) is 0 Å². The largest absolute Gasteiger partial charge is 0.497 e. The summed E-state index contributed by atoms with van der Waals surface area (Å²) in [6.07, 6.45) is 0.623. The molecule has 6 nitrogen and oxygen atoms in total. The van der Waals surface area contributed by atoms with Gasteiger partial charge in [-0.3, -0.25) is 4.79 Å². The summed E-state index contributed by atoms with van der Waals surface area (Å²) in [6.45, 7) is 9.48. The lowest BCUT2D eigenvalue weighted by atomic mass is 10.1. The van der Waals surface area contributed by atoms with E-state index in [0.717, 1.165) is 11.3 Å². The van der Waals surface area contributed by atoms with Crippen LogP contribution in [0.5, 0.6) is 5.75 Å². The van der Waals surface area contributed by atoms with Crippen molar-refractivity contribution in [2.24, 2.45) is 5.92 Å². The van der Waals surface area contributed by atoms with E-state index in [-0.39, 0.29) is 18.4 Å². The van der Waals surface area contributed by atoms with Crippen molar-refractivity contribution in [3.05, 3.63) is 42.5 Å². The van der Waals surface area contributed by atoms with Crippen LogP contribution < -0.4 is 10.1 Å². The summed E-state index contributed by atoms with van der Waals surface area (Å²) >= 11 is 0. The van der Waals surface area contributed by atoms with Crippen LogP contribution in [-0.4, -0.2) is 44.3 Å². The molecule has 0 saturated heterocycles. The van der Waals surface area contributed by atoms with Gasteiger partial charge in [-0.25, -0.2) is 4.79 Å². The number of amides is 1. The molecule has 0 saturated carbocycles. The Morgan fingerprint density at radius 3 is 2.38 bits per heavy atom. The monoisotopic (exact) mass is 363 g/mol. The predicted molar refractivity (Wildman–Crippen MR) is 100 cm³/mol. The van der Waals surface area contributed by atoms with Crippen molar-refractivity contribution in [1.29, 1.82) is 0 Å². The molecule has 1 amide bonds. The number of nitrogens with one attached hydrogen (secondary N) is 1. The molecule has 0 aliphatic heterocycles. The summed E-state index contributed by atoms with van der Waals surface area (Å²) in [5.74, 6) is -0.224. The smallest absolute Gasteiger partial charge is 0.335 e. The van der Waals surface area contributed by atoms with Gasteiger partial charge in [0.05, 0.1) is 13.7 Å². The van der Waals surface area contributed by atoms with Crippen LogP contribution in [-0.2, 0) is 25.5 Å². The average Bonchev–Trinajstić information content (AvgIpc) is 2.63. The first-order valence-corrected chi connectivity index (χ1v) is 8.72. The first-order chi connectivity index (χ1) is 12.4. The summed E-state index contributed by atoms with van der Waals surface area (Å²) in [7, 11) is 1.62. The molecule has 0 aromatic heterocycles. The minimum Gasteiger partial charge on any atom is -0.497 e. The maximum atomic E-state index is 12.4. The molecule has 0 radical (unpaired) electrons. The molecule has 1 N–H and O–H groups in total. The van der Waals surface area contributed by atoms with Gasteiger partial charge in [-0.2, -0.15) is 0 Å². The second kappa shape index (κ2) is 11.3. The van der Waals surface area contributed by atoms with E-state index in [1.165, 1.54) is 0 Å². The van der Waals surface area contributed by atoms with Gasteiger partial charge in [-0.05, 0) is 37.0 Å². The maximum Gasteiger partial charge on any atom is 0.335 e. The Morgan fingerprint density at radius 2 is 1.85 bits per heavy atom. The Kier molecular flexibility index (Phi) is 9.44. The molecule has 26 heavy (non-hydrogen) atoms. The summed E-state index contributed by atoms with van der Waals surface area (Å²) in [6, 6.07) is 7.65. The van der Waals surface area contributed by atoms with Gasteiger partial charge in [0, 0.05) is 6.54 Å². The number of methoxy groups -OCH3 is 1. The highest BCUT2D eigenvalue weighted by Gasteiger charge is 2.28. The fourth-order valence-electron chi connectivity index (χ4n) is 2.22. The third kappa shape index (κ3) is 7.27. The van der Waals surface area contributed by atoms with Crippen molar-refractivity contribution >= 4 is 11.9 Å². The molecule has 1 rings (SSSR count). The standard InChI is InChI=1S/C20H29NO5/c1-6-13-25-15(4)20(23)26-18(14(2)3)19(22)21-12-11-16-7-9-17(24-5)10-8-16/h6-10,14-15,18H,1,11-13H2,2-5H3,(H,21,22). The van der Waals surface area contributed by atoms with Crippen LogP contribution in [0.15, 0.2) is 36.9 Å². The molecule has 0 spiro atoms. The number of hydrogen-bond acceptors (Lipinski definition) is 5. The lowest BCUT2D eigenvalue weighted by Gasteiger charge is -2.22. The van der Waals surface area contributed by atoms with E-state index in [9.17, 15) is 9.59 Å². The first kappa shape index (κ1) is 21.7. The van der Waals surface area contributed by atoms with Gasteiger partial charge in [0.15, 0.2) is 12.2 Å². The highest BCUT2D eigenvalue weighted by Crippen LogP contribution is 2.12. The number of esters is 1. The van der Waals surface area contributed by atoms with Crippen LogP contribution in [0.25, 0.3) is 0 Å². The molecule has 0 fully saturated rings. The van der Waals surface area contributed by atoms with E-state index in [2.05, 4.69) is 11.9 Å². The highest BCUT2D eigenvalue weighted by molar-refractivity contribution is 5.85. The van der Waals surface area contributed by atoms with Crippen molar-refractivity contribution < 1.29 is 23.8 Å². The van der Waals surface area contributed by atoms with Gasteiger partial charge >= 0.3 is 5.97 Å². The van der Waals surface area contributed by atoms with Crippen LogP contribution in [0, 0.1) is 5.92 Å². The summed E-state index contributed by atoms with van der Waals surface area (Å²) in [5.41, 5.74) is 1.08. The molecule has 0 bridgehead atoms. The second-order valence-corrected chi connectivity index (χ2v) is 6.25. The highest BCUT2D eigenvalue weighted by atomic mass is 16.6. The van der Waals surface area contributed by atoms with Gasteiger partial charge in [-0.1, -0.05) is 32.1 Å². The average molecular weight is 363 g/mol. The number of carbonyl (C=O) groups excluding carboxylic acids is 2. The van der Waals surface area contributed by atoms with E-state index in [1.807, 2.05) is 38.1 Å². The first-order valence-electron chi connectivity index (χ1n) is 8.72. The summed E-state index contributed by atoms with van der Waals surface area (Å²) < 4.78 is 15.7. The van der Waals surface area contributed by atoms with E-state index >= 15 is 0 Å². The van der Waals surface area contributed by atoms with Crippen molar-refractivity contribution in [2.75, 3.05) is 20.3 Å². The zero-order valence-corrected chi connectivity index (χ0v) is 16.0. The molecule has 0 aliphatic rings. The van der Waals surface area contributed by atoms with Gasteiger partial charge in [0.2, 0.25) is 0 Å². The van der Waals surface area contributed by atoms with Crippen LogP contribution in [0.4, 0.5) is 0 Å². The molecule has 144 valence electrons. The number of carbonyl (C=O) groups is 2. The normalized spacial score (nSPS) is 13.0. The van der Waals surface area contributed by atoms with E-state index in [4.69, 9.17) is 14.2 Å². The number of benzene rings is 1. The zero-order valence-electron chi connectivity index (χ0n) is 16.0. The van der Waals surface area contributed by atoms with Crippen molar-refractivity contribution in [1.82, 2.24) is 5.32 Å². The van der Waals surface area contributed by atoms with Crippen LogP contribution >= 0.6 is 0 Å². The molecule has 1 aromatic rings. The minimum atomic E-state index is -0.854. The van der Waals surface area contributed by atoms with E-state index in [1.54, 1.807) is 20.1 Å². The lowest BCUT2D eigenvalue weighted by Crippen LogP contribution is -2.43. The molecule has 6 heteroatoms. The third-order valence-corrected chi connectivity index (χ3v) is 3.77.